The van der Waals surface area contributed by atoms with Crippen molar-refractivity contribution < 1.29 is 38.8 Å². The monoisotopic (exact) mass is 365 g/mol. The van der Waals surface area contributed by atoms with Crippen LogP contribution in [0, 0.1) is 29.1 Å². The summed E-state index contributed by atoms with van der Waals surface area (Å²) in [5, 5.41) is -1.53. The molecule has 1 aromatic rings. The van der Waals surface area contributed by atoms with Crippen LogP contribution in [0.3, 0.4) is 0 Å². The average Bonchev–Trinajstić information content (AvgIpc) is 2.80. The summed E-state index contributed by atoms with van der Waals surface area (Å²) < 4.78 is 113. The maximum Gasteiger partial charge on any atom is 0.236 e. The first-order valence-electron chi connectivity index (χ1n) is 5.70. The molecule has 0 radical (unpaired) electrons. The molecule has 1 aromatic carbocycles. The number of nitrogens with one attached hydrogen (secondary N) is 1. The van der Waals surface area contributed by atoms with Crippen LogP contribution in [0.1, 0.15) is 6.42 Å². The van der Waals surface area contributed by atoms with E-state index in [1.807, 2.05) is 0 Å². The summed E-state index contributed by atoms with van der Waals surface area (Å²) in [5.74, 6) is -13.0. The summed E-state index contributed by atoms with van der Waals surface area (Å²) in [6.07, 6.45) is -0.340. The lowest BCUT2D eigenvalue weighted by atomic mass is 10.2. The number of halogens is 5. The van der Waals surface area contributed by atoms with Crippen LogP contribution in [0.25, 0.3) is 0 Å². The molecule has 1 aliphatic heterocycles. The van der Waals surface area contributed by atoms with Crippen LogP contribution in [0.4, 0.5) is 27.6 Å². The predicted molar refractivity (Wildman–Crippen MR) is 65.8 cm³/mol. The van der Waals surface area contributed by atoms with Gasteiger partial charge in [0.15, 0.2) is 33.1 Å². The van der Waals surface area contributed by atoms with Gasteiger partial charge in [-0.05, 0) is 6.42 Å². The van der Waals surface area contributed by atoms with Crippen molar-refractivity contribution >= 4 is 25.5 Å². The Kier molecular flexibility index (Phi) is 4.11. The van der Waals surface area contributed by atoms with Crippen molar-refractivity contribution in [2.75, 3.05) is 16.2 Å². The van der Waals surface area contributed by atoms with E-state index in [9.17, 15) is 38.8 Å². The van der Waals surface area contributed by atoms with Crippen LogP contribution in [-0.4, -0.2) is 33.6 Å². The Morgan fingerprint density at radius 3 is 1.77 bits per heavy atom. The lowest BCUT2D eigenvalue weighted by Gasteiger charge is -2.14. The number of rotatable bonds is 3. The summed E-state index contributed by atoms with van der Waals surface area (Å²) in [7, 11) is -8.27. The first kappa shape index (κ1) is 16.9. The van der Waals surface area contributed by atoms with Gasteiger partial charge in [0.25, 0.3) is 0 Å². The van der Waals surface area contributed by atoms with Crippen molar-refractivity contribution in [1.82, 2.24) is 0 Å². The first-order valence-corrected chi connectivity index (χ1v) is 9.06. The Hall–Kier alpha value is -1.43. The SMILES string of the molecule is O=S1(=O)CC[C@@H](S(=O)(=O)Nc2c(F)c(F)c(F)c(F)c2F)C1. The predicted octanol–water partition coefficient (Wildman–Crippen LogP) is 1.31. The minimum absolute atomic E-state index is 0.340. The molecule has 124 valence electrons. The Bertz CT molecular complexity index is 808. The molecule has 1 N–H and O–H groups in total. The quantitative estimate of drug-likeness (QED) is 0.498. The number of benzene rings is 1. The molecule has 0 unspecified atom stereocenters. The van der Waals surface area contributed by atoms with Crippen molar-refractivity contribution in [3.63, 3.8) is 0 Å². The molecule has 2 rings (SSSR count). The molecule has 12 heteroatoms. The molecule has 0 saturated carbocycles. The fraction of sp³-hybridized carbons (Fsp3) is 0.400. The topological polar surface area (TPSA) is 80.3 Å². The molecule has 1 saturated heterocycles. The lowest BCUT2D eigenvalue weighted by Crippen LogP contribution is -2.30. The molecule has 0 amide bonds. The molecule has 0 spiro atoms. The van der Waals surface area contributed by atoms with Gasteiger partial charge in [0.1, 0.15) is 5.69 Å². The lowest BCUT2D eigenvalue weighted by molar-refractivity contribution is 0.382. The van der Waals surface area contributed by atoms with E-state index in [0.29, 0.717) is 0 Å². The Morgan fingerprint density at radius 1 is 0.909 bits per heavy atom. The van der Waals surface area contributed by atoms with Crippen molar-refractivity contribution in [3.05, 3.63) is 29.1 Å². The number of anilines is 1. The fourth-order valence-electron chi connectivity index (χ4n) is 1.93. The Morgan fingerprint density at radius 2 is 1.36 bits per heavy atom. The zero-order valence-corrected chi connectivity index (χ0v) is 12.2. The number of hydrogen-bond acceptors (Lipinski definition) is 4. The van der Waals surface area contributed by atoms with Gasteiger partial charge in [0.2, 0.25) is 15.8 Å². The first-order chi connectivity index (χ1) is 9.96. The Balaban J connectivity index is 2.43. The van der Waals surface area contributed by atoms with E-state index in [1.54, 1.807) is 0 Å². The third kappa shape index (κ3) is 2.89. The highest BCUT2D eigenvalue weighted by Gasteiger charge is 2.39. The maximum atomic E-state index is 13.4. The van der Waals surface area contributed by atoms with Gasteiger partial charge in [-0.2, -0.15) is 0 Å². The molecular formula is C10H8F5NO4S2. The second-order valence-electron chi connectivity index (χ2n) is 4.62. The zero-order chi connectivity index (χ0) is 16.9. The molecule has 1 aliphatic rings. The summed E-state index contributed by atoms with van der Waals surface area (Å²) >= 11 is 0. The molecule has 5 nitrogen and oxygen atoms in total. The van der Waals surface area contributed by atoms with E-state index in [2.05, 4.69) is 0 Å². The third-order valence-electron chi connectivity index (χ3n) is 3.08. The van der Waals surface area contributed by atoms with Crippen LogP contribution >= 0.6 is 0 Å². The second kappa shape index (κ2) is 5.33. The van der Waals surface area contributed by atoms with Crippen molar-refractivity contribution in [2.45, 2.75) is 11.7 Å². The minimum atomic E-state index is -4.64. The van der Waals surface area contributed by atoms with E-state index in [4.69, 9.17) is 0 Å². The van der Waals surface area contributed by atoms with Crippen LogP contribution in [-0.2, 0) is 19.9 Å². The minimum Gasteiger partial charge on any atom is -0.277 e. The van der Waals surface area contributed by atoms with E-state index < -0.39 is 71.4 Å². The van der Waals surface area contributed by atoms with Gasteiger partial charge in [-0.25, -0.2) is 38.8 Å². The molecule has 1 fully saturated rings. The van der Waals surface area contributed by atoms with Crippen molar-refractivity contribution in [2.24, 2.45) is 0 Å². The van der Waals surface area contributed by atoms with E-state index in [0.717, 1.165) is 0 Å². The van der Waals surface area contributed by atoms with Crippen molar-refractivity contribution in [1.29, 1.82) is 0 Å². The van der Waals surface area contributed by atoms with Gasteiger partial charge < -0.3 is 0 Å². The third-order valence-corrected chi connectivity index (χ3v) is 6.83. The van der Waals surface area contributed by atoms with E-state index >= 15 is 0 Å². The van der Waals surface area contributed by atoms with Gasteiger partial charge >= 0.3 is 0 Å². The zero-order valence-electron chi connectivity index (χ0n) is 10.5. The second-order valence-corrected chi connectivity index (χ2v) is 8.81. The summed E-state index contributed by atoms with van der Waals surface area (Å²) in [6.45, 7) is 0. The highest BCUT2D eigenvalue weighted by molar-refractivity contribution is 7.97. The standard InChI is InChI=1S/C10H8F5NO4S2/c11-5-6(12)8(14)10(9(15)7(5)13)16-22(19,20)4-1-2-21(17,18)3-4/h4,16H,1-3H2/t4-/m1/s1. The Labute approximate surface area is 122 Å². The molecule has 22 heavy (non-hydrogen) atoms. The average molecular weight is 365 g/mol. The smallest absolute Gasteiger partial charge is 0.236 e. The highest BCUT2D eigenvalue weighted by atomic mass is 32.2. The molecule has 0 bridgehead atoms. The molecule has 1 atom stereocenters. The van der Waals surface area contributed by atoms with E-state index in [1.165, 1.54) is 4.72 Å². The molecular weight excluding hydrogens is 357 g/mol. The fourth-order valence-corrected chi connectivity index (χ4v) is 6.02. The normalized spacial score (nSPS) is 21.0. The van der Waals surface area contributed by atoms with Crippen LogP contribution in [0.5, 0.6) is 0 Å². The van der Waals surface area contributed by atoms with E-state index in [-0.39, 0.29) is 6.42 Å². The van der Waals surface area contributed by atoms with Gasteiger partial charge in [-0.1, -0.05) is 0 Å². The number of sulfonamides is 1. The van der Waals surface area contributed by atoms with Gasteiger partial charge in [-0.3, -0.25) is 4.72 Å². The largest absolute Gasteiger partial charge is 0.277 e. The number of sulfone groups is 1. The summed E-state index contributed by atoms with van der Waals surface area (Å²) in [5.41, 5.74) is -1.74. The summed E-state index contributed by atoms with van der Waals surface area (Å²) in [4.78, 5) is 0. The van der Waals surface area contributed by atoms with Crippen LogP contribution in [0.15, 0.2) is 0 Å². The van der Waals surface area contributed by atoms with Gasteiger partial charge in [0.05, 0.1) is 16.8 Å². The number of hydrogen-bond donors (Lipinski definition) is 1. The summed E-state index contributed by atoms with van der Waals surface area (Å²) in [6, 6.07) is 0. The molecule has 0 aliphatic carbocycles. The highest BCUT2D eigenvalue weighted by Crippen LogP contribution is 2.29. The van der Waals surface area contributed by atoms with Crippen molar-refractivity contribution in [3.8, 4) is 0 Å². The van der Waals surface area contributed by atoms with Gasteiger partial charge in [0, 0.05) is 0 Å². The van der Waals surface area contributed by atoms with Crippen LogP contribution < -0.4 is 4.72 Å². The molecule has 1 heterocycles. The maximum absolute atomic E-state index is 13.4. The van der Waals surface area contributed by atoms with Gasteiger partial charge in [-0.15, -0.1) is 0 Å². The molecule has 0 aromatic heterocycles. The van der Waals surface area contributed by atoms with Crippen LogP contribution in [0.2, 0.25) is 0 Å².